The van der Waals surface area contributed by atoms with E-state index in [2.05, 4.69) is 27.7 Å². The van der Waals surface area contributed by atoms with Crippen molar-refractivity contribution in [3.8, 4) is 6.01 Å². The highest BCUT2D eigenvalue weighted by molar-refractivity contribution is 6.31. The second-order valence-electron chi connectivity index (χ2n) is 11.0. The van der Waals surface area contributed by atoms with Gasteiger partial charge in [0.15, 0.2) is 0 Å². The highest BCUT2D eigenvalue weighted by Gasteiger charge is 2.45. The molecule has 4 atom stereocenters. The minimum atomic E-state index is 0.144. The van der Waals surface area contributed by atoms with Gasteiger partial charge in [-0.1, -0.05) is 23.7 Å². The lowest BCUT2D eigenvalue weighted by molar-refractivity contribution is 0.253. The third-order valence-electron chi connectivity index (χ3n) is 9.15. The molecule has 2 aromatic rings. The van der Waals surface area contributed by atoms with Crippen LogP contribution >= 0.6 is 11.6 Å². The standard InChI is InChI=1S/C27H34ClN5O/c28-23-5-1-4-22-20(23)8-10-27(22)11-9-21-24(13-27)31-26(34-16-17-3-2-12-30-17)32-25(21)33-18-6-7-19(33)15-29-14-18/h1,4-5,17-19,29-30H,2-3,6-16H2/t17-,18?,19?,27?/m0/s1. The Bertz CT molecular complexity index is 1090. The molecule has 3 unspecified atom stereocenters. The highest BCUT2D eigenvalue weighted by atomic mass is 35.5. The number of fused-ring (bicyclic) bond motifs is 5. The molecular weight excluding hydrogens is 446 g/mol. The molecule has 3 saturated heterocycles. The lowest BCUT2D eigenvalue weighted by atomic mass is 9.69. The van der Waals surface area contributed by atoms with Gasteiger partial charge in [0.05, 0.1) is 5.69 Å². The minimum Gasteiger partial charge on any atom is -0.462 e. The summed E-state index contributed by atoms with van der Waals surface area (Å²) < 4.78 is 6.27. The summed E-state index contributed by atoms with van der Waals surface area (Å²) in [4.78, 5) is 12.8. The molecule has 1 aromatic heterocycles. The molecule has 0 amide bonds. The number of hydrogen-bond acceptors (Lipinski definition) is 6. The van der Waals surface area contributed by atoms with Gasteiger partial charge in [0.1, 0.15) is 12.4 Å². The van der Waals surface area contributed by atoms with Crippen LogP contribution in [0.25, 0.3) is 0 Å². The van der Waals surface area contributed by atoms with Gasteiger partial charge in [0.25, 0.3) is 0 Å². The van der Waals surface area contributed by atoms with E-state index in [9.17, 15) is 0 Å². The summed E-state index contributed by atoms with van der Waals surface area (Å²) in [5.41, 5.74) is 5.52. The SMILES string of the molecule is Clc1cccc2c1CCC21CCc2c(nc(OC[C@@H]3CCCN3)nc2N2C3CCC2CNC3)C1. The zero-order valence-electron chi connectivity index (χ0n) is 19.8. The van der Waals surface area contributed by atoms with Crippen molar-refractivity contribution in [3.05, 3.63) is 45.6 Å². The zero-order valence-corrected chi connectivity index (χ0v) is 20.5. The summed E-state index contributed by atoms with van der Waals surface area (Å²) >= 11 is 6.60. The van der Waals surface area contributed by atoms with Crippen molar-refractivity contribution in [1.82, 2.24) is 20.6 Å². The van der Waals surface area contributed by atoms with Crippen LogP contribution in [0.1, 0.15) is 60.9 Å². The maximum Gasteiger partial charge on any atom is 0.318 e. The van der Waals surface area contributed by atoms with Gasteiger partial charge in [0, 0.05) is 47.2 Å². The van der Waals surface area contributed by atoms with E-state index in [4.69, 9.17) is 26.3 Å². The smallest absolute Gasteiger partial charge is 0.318 e. The van der Waals surface area contributed by atoms with Crippen LogP contribution < -0.4 is 20.3 Å². The van der Waals surface area contributed by atoms with Crippen LogP contribution in [0, 0.1) is 0 Å². The molecular formula is C27H34ClN5O. The van der Waals surface area contributed by atoms with Crippen molar-refractivity contribution in [2.24, 2.45) is 0 Å². The Morgan fingerprint density at radius 1 is 1.06 bits per heavy atom. The molecule has 3 fully saturated rings. The van der Waals surface area contributed by atoms with Crippen LogP contribution in [0.2, 0.25) is 5.02 Å². The molecule has 7 rings (SSSR count). The molecule has 2 bridgehead atoms. The fourth-order valence-electron chi connectivity index (χ4n) is 7.40. The van der Waals surface area contributed by atoms with Gasteiger partial charge in [-0.15, -0.1) is 0 Å². The summed E-state index contributed by atoms with van der Waals surface area (Å²) in [6.45, 7) is 3.83. The lowest BCUT2D eigenvalue weighted by Gasteiger charge is -2.40. The number of anilines is 1. The van der Waals surface area contributed by atoms with Gasteiger partial charge >= 0.3 is 6.01 Å². The normalized spacial score (nSPS) is 31.7. The summed E-state index contributed by atoms with van der Waals surface area (Å²) in [6.07, 6.45) is 10.3. The average molecular weight is 480 g/mol. The third kappa shape index (κ3) is 3.44. The van der Waals surface area contributed by atoms with Gasteiger partial charge in [-0.2, -0.15) is 9.97 Å². The molecule has 4 heterocycles. The number of aromatic nitrogens is 2. The molecule has 1 spiro atoms. The molecule has 3 aliphatic heterocycles. The molecule has 0 saturated carbocycles. The van der Waals surface area contributed by atoms with Gasteiger partial charge < -0.3 is 20.3 Å². The predicted octanol–water partition coefficient (Wildman–Crippen LogP) is 3.57. The maximum atomic E-state index is 6.60. The fourth-order valence-corrected chi connectivity index (χ4v) is 7.67. The van der Waals surface area contributed by atoms with Crippen LogP contribution in [-0.4, -0.2) is 54.3 Å². The Morgan fingerprint density at radius 2 is 1.88 bits per heavy atom. The number of nitrogens with zero attached hydrogens (tertiary/aromatic N) is 3. The number of piperazine rings is 1. The van der Waals surface area contributed by atoms with Crippen molar-refractivity contribution in [2.75, 3.05) is 31.1 Å². The van der Waals surface area contributed by atoms with Crippen LogP contribution in [0.15, 0.2) is 18.2 Å². The van der Waals surface area contributed by atoms with Crippen molar-refractivity contribution in [2.45, 2.75) is 81.3 Å². The Balaban J connectivity index is 1.27. The van der Waals surface area contributed by atoms with Crippen molar-refractivity contribution < 1.29 is 4.74 Å². The topological polar surface area (TPSA) is 62.3 Å². The summed E-state index contributed by atoms with van der Waals surface area (Å²) in [5.74, 6) is 1.16. The van der Waals surface area contributed by atoms with Crippen LogP contribution in [0.3, 0.4) is 0 Å². The Labute approximate surface area is 206 Å². The van der Waals surface area contributed by atoms with Crippen molar-refractivity contribution in [1.29, 1.82) is 0 Å². The molecule has 34 heavy (non-hydrogen) atoms. The van der Waals surface area contributed by atoms with Gasteiger partial charge in [0.2, 0.25) is 0 Å². The maximum absolute atomic E-state index is 6.60. The van der Waals surface area contributed by atoms with Crippen LogP contribution in [-0.2, 0) is 24.7 Å². The van der Waals surface area contributed by atoms with Gasteiger partial charge in [-0.3, -0.25) is 0 Å². The monoisotopic (exact) mass is 479 g/mol. The first-order valence-corrected chi connectivity index (χ1v) is 13.6. The second kappa shape index (κ2) is 8.35. The molecule has 1 aromatic carbocycles. The van der Waals surface area contributed by atoms with Crippen LogP contribution in [0.5, 0.6) is 6.01 Å². The second-order valence-corrected chi connectivity index (χ2v) is 11.4. The number of rotatable bonds is 4. The molecule has 2 aliphatic carbocycles. The predicted molar refractivity (Wildman–Crippen MR) is 134 cm³/mol. The molecule has 2 N–H and O–H groups in total. The number of benzene rings is 1. The summed E-state index contributed by atoms with van der Waals surface area (Å²) in [6, 6.07) is 8.51. The number of hydrogen-bond donors (Lipinski definition) is 2. The zero-order chi connectivity index (χ0) is 22.7. The van der Waals surface area contributed by atoms with E-state index in [1.807, 2.05) is 6.07 Å². The quantitative estimate of drug-likeness (QED) is 0.699. The third-order valence-corrected chi connectivity index (χ3v) is 9.51. The number of nitrogens with one attached hydrogen (secondary N) is 2. The lowest BCUT2D eigenvalue weighted by Crippen LogP contribution is -2.53. The van der Waals surface area contributed by atoms with E-state index in [0.29, 0.717) is 30.7 Å². The van der Waals surface area contributed by atoms with Gasteiger partial charge in [-0.25, -0.2) is 0 Å². The molecule has 6 nitrogen and oxygen atoms in total. The first-order valence-electron chi connectivity index (χ1n) is 13.2. The van der Waals surface area contributed by atoms with Crippen molar-refractivity contribution >= 4 is 17.4 Å². The van der Waals surface area contributed by atoms with Crippen LogP contribution in [0.4, 0.5) is 5.82 Å². The fraction of sp³-hybridized carbons (Fsp3) is 0.630. The Morgan fingerprint density at radius 3 is 2.68 bits per heavy atom. The summed E-state index contributed by atoms with van der Waals surface area (Å²) in [5, 5.41) is 8.08. The van der Waals surface area contributed by atoms with Crippen molar-refractivity contribution in [3.63, 3.8) is 0 Å². The van der Waals surface area contributed by atoms with E-state index in [0.717, 1.165) is 62.6 Å². The molecule has 7 heteroatoms. The van der Waals surface area contributed by atoms with E-state index in [-0.39, 0.29) is 5.41 Å². The average Bonchev–Trinajstić information content (AvgIpc) is 3.55. The van der Waals surface area contributed by atoms with E-state index in [1.165, 1.54) is 48.1 Å². The number of halogens is 1. The first-order chi connectivity index (χ1) is 16.7. The number of ether oxygens (including phenoxy) is 1. The highest BCUT2D eigenvalue weighted by Crippen LogP contribution is 2.50. The minimum absolute atomic E-state index is 0.144. The van der Waals surface area contributed by atoms with E-state index < -0.39 is 0 Å². The summed E-state index contributed by atoms with van der Waals surface area (Å²) in [7, 11) is 0. The molecule has 5 aliphatic rings. The Kier molecular flexibility index (Phi) is 5.26. The first kappa shape index (κ1) is 21.4. The molecule has 0 radical (unpaired) electrons. The Hall–Kier alpha value is -1.89. The van der Waals surface area contributed by atoms with E-state index in [1.54, 1.807) is 0 Å². The van der Waals surface area contributed by atoms with E-state index >= 15 is 0 Å². The molecule has 180 valence electrons. The largest absolute Gasteiger partial charge is 0.462 e. The van der Waals surface area contributed by atoms with Gasteiger partial charge in [-0.05, 0) is 81.5 Å².